The second-order valence-electron chi connectivity index (χ2n) is 8.48. The number of benzene rings is 1. The summed E-state index contributed by atoms with van der Waals surface area (Å²) in [6, 6.07) is 2.15. The number of piperidine rings is 2. The van der Waals surface area contributed by atoms with Gasteiger partial charge in [-0.15, -0.1) is 11.3 Å². The van der Waals surface area contributed by atoms with Gasteiger partial charge in [0.1, 0.15) is 11.5 Å². The molecule has 2 bridgehead atoms. The van der Waals surface area contributed by atoms with Gasteiger partial charge >= 0.3 is 0 Å². The number of halogens is 2. The van der Waals surface area contributed by atoms with E-state index in [1.165, 1.54) is 11.3 Å². The van der Waals surface area contributed by atoms with Gasteiger partial charge in [0.2, 0.25) is 0 Å². The van der Waals surface area contributed by atoms with Crippen molar-refractivity contribution < 1.29 is 13.6 Å². The standard InChI is InChI=1S/C21H22F2N6OS/c1-27(2)21-26-18(11-31-21)20(30)29-9-12-3-13(10-29)8-28(7-12)19-6-24-16-4-14(22)15(23)5-17(16)25-19/h4-6,11-13H,3,7-10H2,1-2H3. The van der Waals surface area contributed by atoms with Gasteiger partial charge in [-0.2, -0.15) is 0 Å². The second kappa shape index (κ2) is 7.67. The molecule has 2 aromatic heterocycles. The van der Waals surface area contributed by atoms with E-state index in [-0.39, 0.29) is 5.91 Å². The zero-order valence-electron chi connectivity index (χ0n) is 17.3. The smallest absolute Gasteiger partial charge is 0.273 e. The minimum atomic E-state index is -0.928. The lowest BCUT2D eigenvalue weighted by Crippen LogP contribution is -2.54. The summed E-state index contributed by atoms with van der Waals surface area (Å²) in [6.45, 7) is 2.82. The fraction of sp³-hybridized carbons (Fsp3) is 0.429. The first kappa shape index (κ1) is 20.0. The van der Waals surface area contributed by atoms with Crippen molar-refractivity contribution in [2.45, 2.75) is 6.42 Å². The van der Waals surface area contributed by atoms with Crippen molar-refractivity contribution >= 4 is 39.2 Å². The van der Waals surface area contributed by atoms with E-state index in [0.29, 0.717) is 47.5 Å². The molecule has 0 radical (unpaired) electrons. The van der Waals surface area contributed by atoms with E-state index < -0.39 is 11.6 Å². The quantitative estimate of drug-likeness (QED) is 0.619. The van der Waals surface area contributed by atoms with Crippen LogP contribution in [0.1, 0.15) is 16.9 Å². The van der Waals surface area contributed by atoms with Crippen LogP contribution in [0.15, 0.2) is 23.7 Å². The maximum atomic E-state index is 13.6. The maximum absolute atomic E-state index is 13.6. The Labute approximate surface area is 182 Å². The Kier molecular flexibility index (Phi) is 4.96. The molecule has 2 aliphatic heterocycles. The summed E-state index contributed by atoms with van der Waals surface area (Å²) in [4.78, 5) is 32.2. The Bertz CT molecular complexity index is 1140. The van der Waals surface area contributed by atoms with Gasteiger partial charge < -0.3 is 14.7 Å². The number of carbonyl (C=O) groups excluding carboxylic acids is 1. The Morgan fingerprint density at radius 2 is 1.74 bits per heavy atom. The molecule has 4 heterocycles. The van der Waals surface area contributed by atoms with Gasteiger partial charge in [0, 0.05) is 57.8 Å². The molecule has 3 aromatic rings. The summed E-state index contributed by atoms with van der Waals surface area (Å²) in [5, 5.41) is 2.64. The van der Waals surface area contributed by atoms with E-state index >= 15 is 0 Å². The molecule has 7 nitrogen and oxygen atoms in total. The lowest BCUT2D eigenvalue weighted by molar-refractivity contribution is 0.0559. The van der Waals surface area contributed by atoms with E-state index in [1.807, 2.05) is 29.3 Å². The molecule has 31 heavy (non-hydrogen) atoms. The molecule has 2 unspecified atom stereocenters. The molecule has 2 fully saturated rings. The van der Waals surface area contributed by atoms with E-state index in [9.17, 15) is 13.6 Å². The molecule has 0 spiro atoms. The van der Waals surface area contributed by atoms with Crippen molar-refractivity contribution in [3.8, 4) is 0 Å². The fourth-order valence-corrected chi connectivity index (χ4v) is 5.25. The number of anilines is 2. The Morgan fingerprint density at radius 3 is 2.39 bits per heavy atom. The molecule has 0 N–H and O–H groups in total. The van der Waals surface area contributed by atoms with E-state index in [1.54, 1.807) is 6.20 Å². The van der Waals surface area contributed by atoms with Gasteiger partial charge in [0.25, 0.3) is 5.91 Å². The summed E-state index contributed by atoms with van der Waals surface area (Å²) < 4.78 is 27.0. The number of hydrogen-bond acceptors (Lipinski definition) is 7. The van der Waals surface area contributed by atoms with Gasteiger partial charge in [0.15, 0.2) is 16.8 Å². The summed E-state index contributed by atoms with van der Waals surface area (Å²) >= 11 is 1.47. The first-order valence-electron chi connectivity index (χ1n) is 10.2. The molecule has 1 amide bonds. The molecular weight excluding hydrogens is 422 g/mol. The highest BCUT2D eigenvalue weighted by Gasteiger charge is 2.37. The van der Waals surface area contributed by atoms with Crippen LogP contribution in [0.25, 0.3) is 11.0 Å². The van der Waals surface area contributed by atoms with Crippen LogP contribution >= 0.6 is 11.3 Å². The van der Waals surface area contributed by atoms with Crippen LogP contribution in [-0.2, 0) is 0 Å². The molecular formula is C21H22F2N6OS. The molecule has 10 heteroatoms. The number of likely N-dealkylation sites (tertiary alicyclic amines) is 1. The zero-order chi connectivity index (χ0) is 21.7. The third-order valence-corrected chi connectivity index (χ3v) is 6.87. The minimum absolute atomic E-state index is 0.0181. The zero-order valence-corrected chi connectivity index (χ0v) is 18.1. The maximum Gasteiger partial charge on any atom is 0.273 e. The van der Waals surface area contributed by atoms with Crippen molar-refractivity contribution in [2.24, 2.45) is 11.8 Å². The molecule has 2 atom stereocenters. The largest absolute Gasteiger partial charge is 0.355 e. The van der Waals surface area contributed by atoms with Crippen molar-refractivity contribution in [1.82, 2.24) is 19.9 Å². The lowest BCUT2D eigenvalue weighted by atomic mass is 9.84. The predicted molar refractivity (Wildman–Crippen MR) is 116 cm³/mol. The number of amides is 1. The summed E-state index contributed by atoms with van der Waals surface area (Å²) in [6.07, 6.45) is 2.67. The van der Waals surface area contributed by atoms with E-state index in [4.69, 9.17) is 0 Å². The first-order chi connectivity index (χ1) is 14.9. The normalized spacial score (nSPS) is 20.9. The van der Waals surface area contributed by atoms with Crippen LogP contribution < -0.4 is 9.80 Å². The number of rotatable bonds is 3. The van der Waals surface area contributed by atoms with Crippen molar-refractivity contribution in [2.75, 3.05) is 50.1 Å². The number of nitrogens with zero attached hydrogens (tertiary/aromatic N) is 6. The number of hydrogen-bond donors (Lipinski definition) is 0. The highest BCUT2D eigenvalue weighted by Crippen LogP contribution is 2.32. The average Bonchev–Trinajstić information content (AvgIpc) is 3.23. The SMILES string of the molecule is CN(C)c1nc(C(=O)N2CC3CC(C2)CN(c2cnc4cc(F)c(F)cc4n2)C3)cs1. The molecule has 2 saturated heterocycles. The van der Waals surface area contributed by atoms with Crippen LogP contribution in [0.2, 0.25) is 0 Å². The minimum Gasteiger partial charge on any atom is -0.355 e. The molecule has 1 aromatic carbocycles. The van der Waals surface area contributed by atoms with Crippen LogP contribution in [-0.4, -0.2) is 66.0 Å². The number of carbonyl (C=O) groups is 1. The summed E-state index contributed by atoms with van der Waals surface area (Å²) in [5.41, 5.74) is 1.17. The average molecular weight is 445 g/mol. The third kappa shape index (κ3) is 3.80. The molecule has 2 aliphatic rings. The van der Waals surface area contributed by atoms with E-state index in [0.717, 1.165) is 36.8 Å². The summed E-state index contributed by atoms with van der Waals surface area (Å²) in [7, 11) is 3.82. The Balaban J connectivity index is 1.31. The van der Waals surface area contributed by atoms with Crippen molar-refractivity contribution in [1.29, 1.82) is 0 Å². The Hall–Kier alpha value is -2.88. The highest BCUT2D eigenvalue weighted by atomic mass is 32.1. The predicted octanol–water partition coefficient (Wildman–Crippen LogP) is 3.03. The van der Waals surface area contributed by atoms with Crippen molar-refractivity contribution in [3.05, 3.63) is 41.0 Å². The third-order valence-electron chi connectivity index (χ3n) is 5.86. The van der Waals surface area contributed by atoms with Gasteiger partial charge in [0.05, 0.1) is 17.2 Å². The van der Waals surface area contributed by atoms with Gasteiger partial charge in [-0.25, -0.2) is 18.7 Å². The molecule has 0 aliphatic carbocycles. The second-order valence-corrected chi connectivity index (χ2v) is 9.31. The van der Waals surface area contributed by atoms with Crippen LogP contribution in [0.5, 0.6) is 0 Å². The monoisotopic (exact) mass is 444 g/mol. The number of thiazole rings is 1. The van der Waals surface area contributed by atoms with Crippen LogP contribution in [0.3, 0.4) is 0 Å². The first-order valence-corrected chi connectivity index (χ1v) is 11.0. The van der Waals surface area contributed by atoms with Gasteiger partial charge in [-0.05, 0) is 18.3 Å². The molecule has 162 valence electrons. The van der Waals surface area contributed by atoms with E-state index in [2.05, 4.69) is 19.9 Å². The number of fused-ring (bicyclic) bond motifs is 3. The highest BCUT2D eigenvalue weighted by molar-refractivity contribution is 7.13. The fourth-order valence-electron chi connectivity index (χ4n) is 4.51. The lowest BCUT2D eigenvalue weighted by Gasteiger charge is -2.46. The van der Waals surface area contributed by atoms with Crippen molar-refractivity contribution in [3.63, 3.8) is 0 Å². The Morgan fingerprint density at radius 1 is 1.06 bits per heavy atom. The van der Waals surface area contributed by atoms with Gasteiger partial charge in [-0.3, -0.25) is 9.78 Å². The molecule has 0 saturated carbocycles. The number of aromatic nitrogens is 3. The molecule has 5 rings (SSSR count). The van der Waals surface area contributed by atoms with Gasteiger partial charge in [-0.1, -0.05) is 0 Å². The van der Waals surface area contributed by atoms with Crippen LogP contribution in [0.4, 0.5) is 19.7 Å². The summed E-state index contributed by atoms with van der Waals surface area (Å²) in [5.74, 6) is -0.594. The topological polar surface area (TPSA) is 65.5 Å². The van der Waals surface area contributed by atoms with Crippen LogP contribution in [0, 0.1) is 23.5 Å².